The quantitative estimate of drug-likeness (QED) is 0.473. The first-order valence-electron chi connectivity index (χ1n) is 9.24. The zero-order valence-corrected chi connectivity index (χ0v) is 15.4. The van der Waals surface area contributed by atoms with Crippen LogP contribution in [-0.4, -0.2) is 16.2 Å². The third kappa shape index (κ3) is 3.53. The molecule has 4 N–H and O–H groups in total. The Balaban J connectivity index is 1.67. The van der Waals surface area contributed by atoms with Crippen LogP contribution in [0.4, 0.5) is 11.5 Å². The van der Waals surface area contributed by atoms with Crippen molar-refractivity contribution in [1.29, 1.82) is 5.41 Å². The summed E-state index contributed by atoms with van der Waals surface area (Å²) in [4.78, 5) is 9.17. The molecule has 27 heavy (non-hydrogen) atoms. The number of aromatic nitrogens is 2. The van der Waals surface area contributed by atoms with Crippen molar-refractivity contribution in [2.24, 2.45) is 0 Å². The third-order valence-electron chi connectivity index (χ3n) is 5.07. The summed E-state index contributed by atoms with van der Waals surface area (Å²) in [5.41, 5.74) is 11.7. The lowest BCUT2D eigenvalue weighted by Gasteiger charge is -2.27. The fourth-order valence-electron chi connectivity index (χ4n) is 3.73. The Morgan fingerprint density at radius 2 is 2.00 bits per heavy atom. The molecule has 3 aromatic rings. The molecule has 0 spiro atoms. The number of hydrogen-bond acceptors (Lipinski definition) is 5. The first kappa shape index (κ1) is 17.2. The van der Waals surface area contributed by atoms with Gasteiger partial charge in [0.05, 0.1) is 11.7 Å². The molecular weight excluding hydrogens is 334 g/mol. The zero-order valence-electron chi connectivity index (χ0n) is 15.4. The first-order chi connectivity index (χ1) is 13.1. The fraction of sp³-hybridized carbons (Fsp3) is 0.227. The molecule has 0 bridgehead atoms. The van der Waals surface area contributed by atoms with E-state index in [-0.39, 0.29) is 6.04 Å². The minimum Gasteiger partial charge on any atom is -0.398 e. The van der Waals surface area contributed by atoms with Crippen LogP contribution in [0.25, 0.3) is 11.3 Å². The van der Waals surface area contributed by atoms with Crippen molar-refractivity contribution in [3.63, 3.8) is 0 Å². The van der Waals surface area contributed by atoms with Crippen LogP contribution in [-0.2, 0) is 6.42 Å². The van der Waals surface area contributed by atoms with Gasteiger partial charge >= 0.3 is 0 Å². The number of nitrogen functional groups attached to an aromatic ring is 1. The molecule has 0 amide bonds. The second-order valence-corrected chi connectivity index (χ2v) is 6.96. The lowest BCUT2D eigenvalue weighted by atomic mass is 9.88. The molecule has 0 saturated carbocycles. The van der Waals surface area contributed by atoms with E-state index in [0.29, 0.717) is 17.1 Å². The van der Waals surface area contributed by atoms with Gasteiger partial charge in [0.15, 0.2) is 0 Å². The van der Waals surface area contributed by atoms with Gasteiger partial charge < -0.3 is 16.5 Å². The molecule has 136 valence electrons. The number of fused-ring (bicyclic) bond motifs is 1. The highest BCUT2D eigenvalue weighted by Crippen LogP contribution is 2.32. The van der Waals surface area contributed by atoms with Gasteiger partial charge in [-0.3, -0.25) is 0 Å². The van der Waals surface area contributed by atoms with Crippen molar-refractivity contribution < 1.29 is 0 Å². The van der Waals surface area contributed by atoms with Crippen LogP contribution >= 0.6 is 0 Å². The number of nitrogens with one attached hydrogen (secondary N) is 2. The van der Waals surface area contributed by atoms with E-state index in [1.165, 1.54) is 23.8 Å². The Labute approximate surface area is 159 Å². The standard InChI is InChI=1S/C22H23N5/c1-14-25-21(16-9-10-19(24)17(11-16)13-23)12-22(26-14)27-20-8-4-6-15-5-2-3-7-18(15)20/h2-3,5,7,9-13,20,23H,4,6,8,24H2,1H3,(H,25,26,27). The third-order valence-corrected chi connectivity index (χ3v) is 5.07. The Hall–Kier alpha value is -3.21. The van der Waals surface area contributed by atoms with Crippen LogP contribution in [0.1, 0.15) is 41.4 Å². The summed E-state index contributed by atoms with van der Waals surface area (Å²) in [5, 5.41) is 11.1. The van der Waals surface area contributed by atoms with E-state index in [1.807, 2.05) is 31.2 Å². The Morgan fingerprint density at radius 3 is 2.85 bits per heavy atom. The van der Waals surface area contributed by atoms with E-state index in [4.69, 9.17) is 11.1 Å². The highest BCUT2D eigenvalue weighted by molar-refractivity contribution is 5.87. The molecule has 0 aliphatic heterocycles. The maximum Gasteiger partial charge on any atom is 0.130 e. The van der Waals surface area contributed by atoms with Gasteiger partial charge in [0.2, 0.25) is 0 Å². The molecule has 5 nitrogen and oxygen atoms in total. The summed E-state index contributed by atoms with van der Waals surface area (Å²) in [6, 6.07) is 16.5. The second-order valence-electron chi connectivity index (χ2n) is 6.96. The number of hydrogen-bond donors (Lipinski definition) is 3. The lowest BCUT2D eigenvalue weighted by molar-refractivity contribution is 0.598. The number of benzene rings is 2. The molecule has 1 aliphatic rings. The fourth-order valence-corrected chi connectivity index (χ4v) is 3.73. The Morgan fingerprint density at radius 1 is 1.15 bits per heavy atom. The first-order valence-corrected chi connectivity index (χ1v) is 9.24. The van der Waals surface area contributed by atoms with Gasteiger partial charge in [0, 0.05) is 29.1 Å². The van der Waals surface area contributed by atoms with Gasteiger partial charge in [-0.25, -0.2) is 9.97 Å². The monoisotopic (exact) mass is 357 g/mol. The molecule has 0 saturated heterocycles. The minimum atomic E-state index is 0.264. The summed E-state index contributed by atoms with van der Waals surface area (Å²) in [5.74, 6) is 1.54. The minimum absolute atomic E-state index is 0.264. The van der Waals surface area contributed by atoms with Gasteiger partial charge in [0.1, 0.15) is 11.6 Å². The van der Waals surface area contributed by atoms with Crippen LogP contribution in [0.3, 0.4) is 0 Å². The largest absolute Gasteiger partial charge is 0.398 e. The maximum atomic E-state index is 7.52. The summed E-state index contributed by atoms with van der Waals surface area (Å²) in [7, 11) is 0. The Kier molecular flexibility index (Phi) is 4.59. The van der Waals surface area contributed by atoms with E-state index < -0.39 is 0 Å². The van der Waals surface area contributed by atoms with Crippen LogP contribution in [0, 0.1) is 12.3 Å². The Bertz CT molecular complexity index is 996. The van der Waals surface area contributed by atoms with Crippen molar-refractivity contribution in [2.45, 2.75) is 32.2 Å². The molecule has 1 aliphatic carbocycles. The maximum absolute atomic E-state index is 7.52. The number of anilines is 2. The molecule has 4 rings (SSSR count). The average Bonchev–Trinajstić information content (AvgIpc) is 2.68. The van der Waals surface area contributed by atoms with Crippen molar-refractivity contribution in [3.8, 4) is 11.3 Å². The van der Waals surface area contributed by atoms with Crippen LogP contribution in [0.2, 0.25) is 0 Å². The van der Waals surface area contributed by atoms with E-state index in [1.54, 1.807) is 0 Å². The zero-order chi connectivity index (χ0) is 18.8. The van der Waals surface area contributed by atoms with E-state index in [9.17, 15) is 0 Å². The normalized spacial score (nSPS) is 15.8. The van der Waals surface area contributed by atoms with Gasteiger partial charge in [-0.1, -0.05) is 30.3 Å². The lowest BCUT2D eigenvalue weighted by Crippen LogP contribution is -2.18. The predicted molar refractivity (Wildman–Crippen MR) is 110 cm³/mol. The summed E-state index contributed by atoms with van der Waals surface area (Å²) in [6.07, 6.45) is 4.67. The van der Waals surface area contributed by atoms with Gasteiger partial charge in [-0.05, 0) is 49.4 Å². The van der Waals surface area contributed by atoms with Crippen LogP contribution in [0.15, 0.2) is 48.5 Å². The smallest absolute Gasteiger partial charge is 0.130 e. The molecule has 1 atom stereocenters. The topological polar surface area (TPSA) is 87.7 Å². The number of rotatable bonds is 4. The van der Waals surface area contributed by atoms with E-state index in [2.05, 4.69) is 39.6 Å². The van der Waals surface area contributed by atoms with Crippen molar-refractivity contribution in [1.82, 2.24) is 9.97 Å². The van der Waals surface area contributed by atoms with E-state index in [0.717, 1.165) is 29.9 Å². The van der Waals surface area contributed by atoms with Crippen molar-refractivity contribution >= 4 is 17.7 Å². The van der Waals surface area contributed by atoms with E-state index >= 15 is 0 Å². The summed E-state index contributed by atoms with van der Waals surface area (Å²) >= 11 is 0. The molecule has 0 fully saturated rings. The average molecular weight is 357 g/mol. The van der Waals surface area contributed by atoms with Gasteiger partial charge in [0.25, 0.3) is 0 Å². The van der Waals surface area contributed by atoms with Crippen LogP contribution < -0.4 is 11.1 Å². The number of aryl methyl sites for hydroxylation is 2. The van der Waals surface area contributed by atoms with Crippen molar-refractivity contribution in [2.75, 3.05) is 11.1 Å². The SMILES string of the molecule is Cc1nc(NC2CCCc3ccccc32)cc(-c2ccc(N)c(C=N)c2)n1. The molecule has 0 radical (unpaired) electrons. The molecule has 1 aromatic heterocycles. The highest BCUT2D eigenvalue weighted by atomic mass is 15.0. The predicted octanol–water partition coefficient (Wildman–Crippen LogP) is 4.52. The molecule has 2 aromatic carbocycles. The molecule has 1 heterocycles. The number of nitrogens with zero attached hydrogens (tertiary/aromatic N) is 2. The summed E-state index contributed by atoms with van der Waals surface area (Å²) in [6.45, 7) is 1.90. The molecular formula is C22H23N5. The summed E-state index contributed by atoms with van der Waals surface area (Å²) < 4.78 is 0. The molecule has 1 unspecified atom stereocenters. The van der Waals surface area contributed by atoms with Crippen LogP contribution in [0.5, 0.6) is 0 Å². The highest BCUT2D eigenvalue weighted by Gasteiger charge is 2.20. The molecule has 5 heteroatoms. The number of nitrogens with two attached hydrogens (primary N) is 1. The van der Waals surface area contributed by atoms with Gasteiger partial charge in [-0.2, -0.15) is 0 Å². The van der Waals surface area contributed by atoms with Gasteiger partial charge in [-0.15, -0.1) is 0 Å². The van der Waals surface area contributed by atoms with Crippen molar-refractivity contribution in [3.05, 3.63) is 71.0 Å². The second kappa shape index (κ2) is 7.19.